The number of hydrogen-bond donors (Lipinski definition) is 2. The van der Waals surface area contributed by atoms with Crippen molar-refractivity contribution in [1.29, 1.82) is 0 Å². The standard InChI is InChI=1S/C16H25ClN2O2/c1-4-18-12(3)13-5-6-16(15(17)7-13)19-8-14(9-20)21-10-11(19)2/h5-7,11-12,14,18,20H,4,8-10H2,1-3H3. The van der Waals surface area contributed by atoms with E-state index in [2.05, 4.69) is 43.1 Å². The number of nitrogens with one attached hydrogen (secondary N) is 1. The Morgan fingerprint density at radius 2 is 2.29 bits per heavy atom. The van der Waals surface area contributed by atoms with Crippen molar-refractivity contribution in [1.82, 2.24) is 5.32 Å². The van der Waals surface area contributed by atoms with E-state index in [0.29, 0.717) is 13.2 Å². The molecule has 1 aromatic carbocycles. The first-order valence-corrected chi connectivity index (χ1v) is 7.96. The molecule has 0 aliphatic carbocycles. The summed E-state index contributed by atoms with van der Waals surface area (Å²) < 4.78 is 5.58. The van der Waals surface area contributed by atoms with Gasteiger partial charge in [-0.2, -0.15) is 0 Å². The monoisotopic (exact) mass is 312 g/mol. The zero-order valence-corrected chi connectivity index (χ0v) is 13.7. The molecule has 0 amide bonds. The summed E-state index contributed by atoms with van der Waals surface area (Å²) in [6, 6.07) is 6.75. The molecule has 2 rings (SSSR count). The van der Waals surface area contributed by atoms with Gasteiger partial charge in [0.1, 0.15) is 0 Å². The average Bonchev–Trinajstić information content (AvgIpc) is 2.48. The molecule has 0 spiro atoms. The Bertz CT molecular complexity index is 470. The Labute approximate surface area is 132 Å². The van der Waals surface area contributed by atoms with Gasteiger partial charge >= 0.3 is 0 Å². The molecule has 1 heterocycles. The Morgan fingerprint density at radius 1 is 1.52 bits per heavy atom. The molecule has 0 saturated carbocycles. The highest BCUT2D eigenvalue weighted by Gasteiger charge is 2.27. The van der Waals surface area contributed by atoms with Gasteiger partial charge in [0.15, 0.2) is 0 Å². The number of halogens is 1. The minimum atomic E-state index is -0.141. The lowest BCUT2D eigenvalue weighted by atomic mass is 10.1. The van der Waals surface area contributed by atoms with E-state index in [1.54, 1.807) is 0 Å². The van der Waals surface area contributed by atoms with Crippen LogP contribution in [0.25, 0.3) is 0 Å². The van der Waals surface area contributed by atoms with E-state index in [0.717, 1.165) is 17.3 Å². The van der Waals surface area contributed by atoms with Crippen LogP contribution < -0.4 is 10.2 Å². The number of hydrogen-bond acceptors (Lipinski definition) is 4. The van der Waals surface area contributed by atoms with Crippen molar-refractivity contribution >= 4 is 17.3 Å². The van der Waals surface area contributed by atoms with Crippen LogP contribution in [0.1, 0.15) is 32.4 Å². The van der Waals surface area contributed by atoms with E-state index in [1.165, 1.54) is 5.56 Å². The van der Waals surface area contributed by atoms with Crippen LogP contribution in [0.5, 0.6) is 0 Å². The third kappa shape index (κ3) is 3.89. The van der Waals surface area contributed by atoms with Gasteiger partial charge in [-0.25, -0.2) is 0 Å². The van der Waals surface area contributed by atoms with Crippen molar-refractivity contribution in [3.8, 4) is 0 Å². The fourth-order valence-electron chi connectivity index (χ4n) is 2.71. The predicted octanol–water partition coefficient (Wildman–Crippen LogP) is 2.60. The highest BCUT2D eigenvalue weighted by Crippen LogP contribution is 2.32. The average molecular weight is 313 g/mol. The van der Waals surface area contributed by atoms with Gasteiger partial charge in [0, 0.05) is 18.6 Å². The molecule has 3 unspecified atom stereocenters. The molecule has 2 N–H and O–H groups in total. The minimum Gasteiger partial charge on any atom is -0.394 e. The van der Waals surface area contributed by atoms with E-state index in [-0.39, 0.29) is 24.8 Å². The van der Waals surface area contributed by atoms with Crippen molar-refractivity contribution in [2.45, 2.75) is 39.0 Å². The number of aliphatic hydroxyl groups excluding tert-OH is 1. The first-order valence-electron chi connectivity index (χ1n) is 7.58. The summed E-state index contributed by atoms with van der Waals surface area (Å²) in [4.78, 5) is 2.22. The molecule has 1 saturated heterocycles. The molecule has 1 aromatic rings. The van der Waals surface area contributed by atoms with Gasteiger partial charge in [-0.05, 0) is 38.1 Å². The van der Waals surface area contributed by atoms with Gasteiger partial charge < -0.3 is 20.1 Å². The van der Waals surface area contributed by atoms with Crippen molar-refractivity contribution in [2.75, 3.05) is 31.2 Å². The number of aliphatic hydroxyl groups is 1. The molecule has 5 heteroatoms. The fraction of sp³-hybridized carbons (Fsp3) is 0.625. The van der Waals surface area contributed by atoms with Crippen LogP contribution >= 0.6 is 11.6 Å². The van der Waals surface area contributed by atoms with Crippen molar-refractivity contribution in [3.05, 3.63) is 28.8 Å². The number of morpholine rings is 1. The maximum absolute atomic E-state index is 9.29. The molecule has 4 nitrogen and oxygen atoms in total. The van der Waals surface area contributed by atoms with Gasteiger partial charge in [-0.15, -0.1) is 0 Å². The van der Waals surface area contributed by atoms with Crippen molar-refractivity contribution in [2.24, 2.45) is 0 Å². The van der Waals surface area contributed by atoms with Gasteiger partial charge in [0.25, 0.3) is 0 Å². The Morgan fingerprint density at radius 3 is 2.90 bits per heavy atom. The van der Waals surface area contributed by atoms with E-state index in [9.17, 15) is 5.11 Å². The van der Waals surface area contributed by atoms with Crippen LogP contribution in [0, 0.1) is 0 Å². The molecule has 3 atom stereocenters. The normalized spacial score (nSPS) is 24.1. The van der Waals surface area contributed by atoms with Crippen LogP contribution in [0.3, 0.4) is 0 Å². The molecule has 1 fully saturated rings. The van der Waals surface area contributed by atoms with Crippen molar-refractivity contribution in [3.63, 3.8) is 0 Å². The van der Waals surface area contributed by atoms with Crippen LogP contribution in [-0.4, -0.2) is 43.6 Å². The highest BCUT2D eigenvalue weighted by molar-refractivity contribution is 6.33. The zero-order chi connectivity index (χ0) is 15.4. The molecule has 0 aromatic heterocycles. The summed E-state index contributed by atoms with van der Waals surface area (Å²) in [6.45, 7) is 8.58. The summed E-state index contributed by atoms with van der Waals surface area (Å²) in [7, 11) is 0. The number of ether oxygens (including phenoxy) is 1. The summed E-state index contributed by atoms with van der Waals surface area (Å²) in [6.07, 6.45) is -0.141. The highest BCUT2D eigenvalue weighted by atomic mass is 35.5. The van der Waals surface area contributed by atoms with Gasteiger partial charge in [-0.3, -0.25) is 0 Å². The predicted molar refractivity (Wildman–Crippen MR) is 87.2 cm³/mol. The van der Waals surface area contributed by atoms with E-state index in [4.69, 9.17) is 16.3 Å². The number of anilines is 1. The molecule has 118 valence electrons. The Hall–Kier alpha value is -0.810. The Balaban J connectivity index is 2.19. The SMILES string of the molecule is CCNC(C)c1ccc(N2CC(CO)OCC2C)c(Cl)c1. The lowest BCUT2D eigenvalue weighted by Gasteiger charge is -2.39. The maximum Gasteiger partial charge on any atom is 0.0981 e. The molecule has 1 aliphatic heterocycles. The third-order valence-electron chi connectivity index (χ3n) is 4.00. The van der Waals surface area contributed by atoms with E-state index >= 15 is 0 Å². The summed E-state index contributed by atoms with van der Waals surface area (Å²) in [5.41, 5.74) is 2.20. The molecule has 21 heavy (non-hydrogen) atoms. The third-order valence-corrected chi connectivity index (χ3v) is 4.30. The minimum absolute atomic E-state index is 0.0381. The van der Waals surface area contributed by atoms with Gasteiger partial charge in [0.2, 0.25) is 0 Å². The largest absolute Gasteiger partial charge is 0.394 e. The second kappa shape index (κ2) is 7.45. The van der Waals surface area contributed by atoms with E-state index in [1.807, 2.05) is 6.07 Å². The van der Waals surface area contributed by atoms with Crippen LogP contribution in [-0.2, 0) is 4.74 Å². The molecule has 0 radical (unpaired) electrons. The molecule has 0 bridgehead atoms. The van der Waals surface area contributed by atoms with Gasteiger partial charge in [-0.1, -0.05) is 24.6 Å². The lowest BCUT2D eigenvalue weighted by molar-refractivity contribution is -0.0103. The lowest BCUT2D eigenvalue weighted by Crippen LogP contribution is -2.49. The van der Waals surface area contributed by atoms with Crippen molar-refractivity contribution < 1.29 is 9.84 Å². The topological polar surface area (TPSA) is 44.7 Å². The number of nitrogens with zero attached hydrogens (tertiary/aromatic N) is 1. The summed E-state index contributed by atoms with van der Waals surface area (Å²) in [5, 5.41) is 13.4. The molecule has 1 aliphatic rings. The van der Waals surface area contributed by atoms with Crippen LogP contribution in [0.4, 0.5) is 5.69 Å². The van der Waals surface area contributed by atoms with E-state index < -0.39 is 0 Å². The zero-order valence-electron chi connectivity index (χ0n) is 13.0. The quantitative estimate of drug-likeness (QED) is 0.877. The fourth-order valence-corrected chi connectivity index (χ4v) is 3.01. The molecular formula is C16H25ClN2O2. The number of benzene rings is 1. The summed E-state index contributed by atoms with van der Waals surface area (Å²) in [5.74, 6) is 0. The molecular weight excluding hydrogens is 288 g/mol. The second-order valence-corrected chi connectivity index (χ2v) is 6.04. The number of rotatable bonds is 5. The first kappa shape index (κ1) is 16.6. The van der Waals surface area contributed by atoms with Crippen LogP contribution in [0.15, 0.2) is 18.2 Å². The second-order valence-electron chi connectivity index (χ2n) is 5.63. The van der Waals surface area contributed by atoms with Gasteiger partial charge in [0.05, 0.1) is 30.0 Å². The first-order chi connectivity index (χ1) is 10.1. The van der Waals surface area contributed by atoms with Crippen LogP contribution in [0.2, 0.25) is 5.02 Å². The summed E-state index contributed by atoms with van der Waals surface area (Å²) >= 11 is 6.49. The Kier molecular flexibility index (Phi) is 5.88. The maximum atomic E-state index is 9.29. The smallest absolute Gasteiger partial charge is 0.0981 e.